The van der Waals surface area contributed by atoms with Gasteiger partial charge in [0.05, 0.1) is 20.6 Å². The van der Waals surface area contributed by atoms with Crippen molar-refractivity contribution in [3.8, 4) is 17.2 Å². The molecule has 2 rings (SSSR count). The maximum Gasteiger partial charge on any atom is 0.163 e. The molecule has 0 aliphatic heterocycles. The molecule has 1 N–H and O–H groups in total. The summed E-state index contributed by atoms with van der Waals surface area (Å²) in [5.41, 5.74) is 1.48. The largest absolute Gasteiger partial charge is 0.508 e. The van der Waals surface area contributed by atoms with Crippen LogP contribution in [0.5, 0.6) is 17.2 Å². The van der Waals surface area contributed by atoms with E-state index >= 15 is 0 Å². The zero-order valence-electron chi connectivity index (χ0n) is 14.6. The summed E-state index contributed by atoms with van der Waals surface area (Å²) in [6.07, 6.45) is 5.70. The normalized spacial score (nSPS) is 11.0. The van der Waals surface area contributed by atoms with Crippen molar-refractivity contribution in [1.29, 1.82) is 0 Å². The fourth-order valence-electron chi connectivity index (χ4n) is 2.20. The Labute approximate surface area is 152 Å². The highest BCUT2D eigenvalue weighted by molar-refractivity contribution is 6.10. The van der Waals surface area contributed by atoms with E-state index < -0.39 is 0 Å². The van der Waals surface area contributed by atoms with E-state index in [1.807, 2.05) is 0 Å². The number of rotatable bonds is 8. The maximum atomic E-state index is 12.0. The van der Waals surface area contributed by atoms with Crippen molar-refractivity contribution in [2.75, 3.05) is 14.2 Å². The molecular formula is C21H20O5. The number of benzene rings is 2. The second-order valence-electron chi connectivity index (χ2n) is 5.48. The van der Waals surface area contributed by atoms with Crippen molar-refractivity contribution in [2.45, 2.75) is 6.42 Å². The van der Waals surface area contributed by atoms with Gasteiger partial charge >= 0.3 is 0 Å². The van der Waals surface area contributed by atoms with Crippen molar-refractivity contribution >= 4 is 23.7 Å². The van der Waals surface area contributed by atoms with Crippen LogP contribution in [0.2, 0.25) is 0 Å². The van der Waals surface area contributed by atoms with Gasteiger partial charge in [-0.05, 0) is 48.1 Å². The van der Waals surface area contributed by atoms with E-state index in [-0.39, 0.29) is 23.7 Å². The van der Waals surface area contributed by atoms with Crippen LogP contribution in [0.4, 0.5) is 0 Å². The smallest absolute Gasteiger partial charge is 0.163 e. The predicted molar refractivity (Wildman–Crippen MR) is 100 cm³/mol. The molecule has 0 unspecified atom stereocenters. The van der Waals surface area contributed by atoms with E-state index in [4.69, 9.17) is 9.47 Å². The molecule has 0 amide bonds. The van der Waals surface area contributed by atoms with Gasteiger partial charge in [-0.15, -0.1) is 0 Å². The van der Waals surface area contributed by atoms with E-state index in [1.54, 1.807) is 49.6 Å². The molecule has 2 aromatic rings. The third-order valence-electron chi connectivity index (χ3n) is 3.59. The fourth-order valence-corrected chi connectivity index (χ4v) is 2.20. The second kappa shape index (κ2) is 9.22. The van der Waals surface area contributed by atoms with Gasteiger partial charge in [-0.25, -0.2) is 0 Å². The Balaban J connectivity index is 1.96. The second-order valence-corrected chi connectivity index (χ2v) is 5.48. The summed E-state index contributed by atoms with van der Waals surface area (Å²) in [4.78, 5) is 23.8. The predicted octanol–water partition coefficient (Wildman–Crippen LogP) is 3.66. The number of methoxy groups -OCH3 is 2. The van der Waals surface area contributed by atoms with Crippen LogP contribution in [0.3, 0.4) is 0 Å². The van der Waals surface area contributed by atoms with Crippen LogP contribution < -0.4 is 9.47 Å². The van der Waals surface area contributed by atoms with Gasteiger partial charge in [0.15, 0.2) is 11.6 Å². The lowest BCUT2D eigenvalue weighted by molar-refractivity contribution is -0.121. The number of hydrogen-bond acceptors (Lipinski definition) is 5. The number of carbonyl (C=O) groups excluding carboxylic acids is 2. The van der Waals surface area contributed by atoms with E-state index in [2.05, 4.69) is 0 Å². The molecule has 0 aliphatic carbocycles. The minimum atomic E-state index is -0.303. The van der Waals surface area contributed by atoms with Crippen molar-refractivity contribution in [2.24, 2.45) is 0 Å². The summed E-state index contributed by atoms with van der Waals surface area (Å²) in [6, 6.07) is 11.7. The number of ketones is 2. The van der Waals surface area contributed by atoms with Gasteiger partial charge in [-0.3, -0.25) is 9.59 Å². The standard InChI is InChI=1S/C21H20O5/c1-25-20-12-7-16(21(14-20)26-2)6-11-19(24)13-18(23)10-5-15-3-8-17(22)9-4-15/h3-12,14,22H,13H2,1-2H3. The Kier molecular flexibility index (Phi) is 6.74. The molecule has 26 heavy (non-hydrogen) atoms. The minimum absolute atomic E-state index is 0.155. The molecule has 134 valence electrons. The summed E-state index contributed by atoms with van der Waals surface area (Å²) in [5.74, 6) is 0.784. The molecule has 0 heterocycles. The first-order chi connectivity index (χ1) is 12.5. The molecule has 0 aromatic heterocycles. The summed E-state index contributed by atoms with van der Waals surface area (Å²) in [5, 5.41) is 9.21. The van der Waals surface area contributed by atoms with Crippen LogP contribution in [0.15, 0.2) is 54.6 Å². The van der Waals surface area contributed by atoms with E-state index in [0.717, 1.165) is 5.56 Å². The van der Waals surface area contributed by atoms with Crippen LogP contribution >= 0.6 is 0 Å². The number of ether oxygens (including phenoxy) is 2. The first-order valence-corrected chi connectivity index (χ1v) is 7.94. The van der Waals surface area contributed by atoms with Gasteiger partial charge in [0, 0.05) is 11.6 Å². The topological polar surface area (TPSA) is 72.8 Å². The Hall–Kier alpha value is -3.34. The van der Waals surface area contributed by atoms with E-state index in [9.17, 15) is 14.7 Å². The van der Waals surface area contributed by atoms with Gasteiger partial charge < -0.3 is 14.6 Å². The maximum absolute atomic E-state index is 12.0. The quantitative estimate of drug-likeness (QED) is 0.580. The molecule has 0 atom stereocenters. The Bertz CT molecular complexity index is 832. The van der Waals surface area contributed by atoms with E-state index in [0.29, 0.717) is 17.1 Å². The highest BCUT2D eigenvalue weighted by Crippen LogP contribution is 2.25. The molecular weight excluding hydrogens is 332 g/mol. The van der Waals surface area contributed by atoms with E-state index in [1.165, 1.54) is 31.4 Å². The summed E-state index contributed by atoms with van der Waals surface area (Å²) >= 11 is 0. The molecule has 0 saturated carbocycles. The molecule has 0 spiro atoms. The average Bonchev–Trinajstić information content (AvgIpc) is 2.65. The number of allylic oxidation sites excluding steroid dienone is 2. The summed E-state index contributed by atoms with van der Waals surface area (Å²) in [7, 11) is 3.09. The highest BCUT2D eigenvalue weighted by atomic mass is 16.5. The summed E-state index contributed by atoms with van der Waals surface area (Å²) < 4.78 is 10.4. The van der Waals surface area contributed by atoms with Crippen molar-refractivity contribution in [3.05, 3.63) is 65.7 Å². The zero-order chi connectivity index (χ0) is 18.9. The van der Waals surface area contributed by atoms with Gasteiger partial charge in [-0.1, -0.05) is 18.2 Å². The van der Waals surface area contributed by atoms with Crippen LogP contribution in [0, 0.1) is 0 Å². The third-order valence-corrected chi connectivity index (χ3v) is 3.59. The fraction of sp³-hybridized carbons (Fsp3) is 0.143. The average molecular weight is 352 g/mol. The Morgan fingerprint density at radius 3 is 2.19 bits per heavy atom. The molecule has 0 bridgehead atoms. The Morgan fingerprint density at radius 2 is 1.58 bits per heavy atom. The molecule has 0 fully saturated rings. The lowest BCUT2D eigenvalue weighted by Gasteiger charge is -2.07. The molecule has 0 radical (unpaired) electrons. The Morgan fingerprint density at radius 1 is 0.923 bits per heavy atom. The van der Waals surface area contributed by atoms with Gasteiger partial charge in [0.1, 0.15) is 17.2 Å². The van der Waals surface area contributed by atoms with Crippen molar-refractivity contribution in [1.82, 2.24) is 0 Å². The van der Waals surface area contributed by atoms with Crippen molar-refractivity contribution in [3.63, 3.8) is 0 Å². The SMILES string of the molecule is COc1ccc(C=CC(=O)CC(=O)C=Cc2ccc(O)cc2)c(OC)c1. The first kappa shape index (κ1) is 19.0. The number of phenolic OH excluding ortho intramolecular Hbond substituents is 1. The number of hydrogen-bond donors (Lipinski definition) is 1. The van der Waals surface area contributed by atoms with Crippen LogP contribution in [0.1, 0.15) is 17.5 Å². The van der Waals surface area contributed by atoms with Crippen LogP contribution in [-0.4, -0.2) is 30.9 Å². The highest BCUT2D eigenvalue weighted by Gasteiger charge is 2.06. The summed E-state index contributed by atoms with van der Waals surface area (Å²) in [6.45, 7) is 0. The number of aromatic hydroxyl groups is 1. The zero-order valence-corrected chi connectivity index (χ0v) is 14.6. The number of phenols is 1. The van der Waals surface area contributed by atoms with Crippen molar-refractivity contribution < 1.29 is 24.2 Å². The molecule has 2 aromatic carbocycles. The molecule has 5 heteroatoms. The molecule has 5 nitrogen and oxygen atoms in total. The number of carbonyl (C=O) groups is 2. The van der Waals surface area contributed by atoms with Gasteiger partial charge in [0.2, 0.25) is 0 Å². The van der Waals surface area contributed by atoms with Crippen LogP contribution in [0.25, 0.3) is 12.2 Å². The lowest BCUT2D eigenvalue weighted by Crippen LogP contribution is -2.02. The monoisotopic (exact) mass is 352 g/mol. The van der Waals surface area contributed by atoms with Gasteiger partial charge in [-0.2, -0.15) is 0 Å². The first-order valence-electron chi connectivity index (χ1n) is 7.94. The lowest BCUT2D eigenvalue weighted by atomic mass is 10.1. The molecule has 0 saturated heterocycles. The van der Waals surface area contributed by atoms with Crippen LogP contribution in [-0.2, 0) is 9.59 Å². The minimum Gasteiger partial charge on any atom is -0.508 e. The third kappa shape index (κ3) is 5.63. The molecule has 0 aliphatic rings. The van der Waals surface area contributed by atoms with Gasteiger partial charge in [0.25, 0.3) is 0 Å².